The Hall–Kier alpha value is -2.62. The number of halogens is 4. The number of anilines is 1. The second kappa shape index (κ2) is 6.48. The molecular weight excluding hydrogens is 397 g/mol. The van der Waals surface area contributed by atoms with Gasteiger partial charge >= 0.3 is 6.18 Å². The van der Waals surface area contributed by atoms with Crippen molar-refractivity contribution in [2.75, 3.05) is 5.32 Å². The molecule has 0 radical (unpaired) electrons. The molecule has 0 saturated heterocycles. The fraction of sp³-hybridized carbons (Fsp3) is 0.0714. The molecule has 126 valence electrons. The van der Waals surface area contributed by atoms with Crippen LogP contribution in [0.1, 0.15) is 15.9 Å². The lowest BCUT2D eigenvalue weighted by Gasteiger charge is -2.13. The van der Waals surface area contributed by atoms with Gasteiger partial charge in [0.1, 0.15) is 0 Å². The third-order valence-electron chi connectivity index (χ3n) is 2.97. The number of carbonyl (C=O) groups excluding carboxylic acids is 1. The summed E-state index contributed by atoms with van der Waals surface area (Å²) in [5.41, 5.74) is -3.59. The highest BCUT2D eigenvalue weighted by Crippen LogP contribution is 2.45. The number of carbonyl (C=O) groups is 1. The molecule has 2 aromatic rings. The number of benzene rings is 2. The lowest BCUT2D eigenvalue weighted by Crippen LogP contribution is -2.15. The van der Waals surface area contributed by atoms with E-state index < -0.39 is 39.7 Å². The zero-order valence-electron chi connectivity index (χ0n) is 11.6. The maximum atomic E-state index is 13.0. The number of rotatable bonds is 3. The molecule has 0 saturated carbocycles. The van der Waals surface area contributed by atoms with Gasteiger partial charge in [0.15, 0.2) is 11.3 Å². The molecule has 0 aromatic heterocycles. The predicted molar refractivity (Wildman–Crippen MR) is 81.9 cm³/mol. The first-order valence-corrected chi connectivity index (χ1v) is 7.05. The Bertz CT molecular complexity index is 824. The summed E-state index contributed by atoms with van der Waals surface area (Å²) in [6.07, 6.45) is -5.16. The molecule has 6 nitrogen and oxygen atoms in total. The van der Waals surface area contributed by atoms with Crippen LogP contribution in [0.3, 0.4) is 0 Å². The lowest BCUT2D eigenvalue weighted by atomic mass is 10.1. The van der Waals surface area contributed by atoms with Gasteiger partial charge in [0.05, 0.1) is 10.6 Å². The van der Waals surface area contributed by atoms with Crippen molar-refractivity contribution < 1.29 is 28.0 Å². The van der Waals surface area contributed by atoms with E-state index in [1.807, 2.05) is 0 Å². The highest BCUT2D eigenvalue weighted by molar-refractivity contribution is 9.10. The van der Waals surface area contributed by atoms with E-state index in [-0.39, 0.29) is 5.56 Å². The van der Waals surface area contributed by atoms with E-state index in [9.17, 15) is 33.2 Å². The summed E-state index contributed by atoms with van der Waals surface area (Å²) in [5.74, 6) is -2.20. The van der Waals surface area contributed by atoms with Gasteiger partial charge in [0.2, 0.25) is 0 Å². The van der Waals surface area contributed by atoms with Crippen molar-refractivity contribution in [1.29, 1.82) is 0 Å². The van der Waals surface area contributed by atoms with Crippen LogP contribution in [0.4, 0.5) is 24.5 Å². The molecule has 0 aliphatic heterocycles. The van der Waals surface area contributed by atoms with Crippen molar-refractivity contribution in [2.45, 2.75) is 6.18 Å². The van der Waals surface area contributed by atoms with Crippen LogP contribution in [0.15, 0.2) is 40.9 Å². The van der Waals surface area contributed by atoms with E-state index in [0.29, 0.717) is 10.5 Å². The summed E-state index contributed by atoms with van der Waals surface area (Å²) in [5, 5.41) is 22.6. The van der Waals surface area contributed by atoms with Crippen LogP contribution >= 0.6 is 15.9 Å². The second-order valence-electron chi connectivity index (χ2n) is 4.58. The number of amides is 1. The largest absolute Gasteiger partial charge is 0.505 e. The molecule has 0 aliphatic carbocycles. The van der Waals surface area contributed by atoms with Crippen LogP contribution < -0.4 is 5.32 Å². The maximum absolute atomic E-state index is 13.0. The molecule has 2 aromatic carbocycles. The van der Waals surface area contributed by atoms with Gasteiger partial charge in [-0.05, 0) is 24.3 Å². The number of nitrogens with zero attached hydrogens (tertiary/aromatic N) is 1. The Balaban J connectivity index is 2.45. The summed E-state index contributed by atoms with van der Waals surface area (Å²) >= 11 is 3.14. The Labute approximate surface area is 141 Å². The van der Waals surface area contributed by atoms with E-state index in [1.165, 1.54) is 18.2 Å². The molecule has 10 heteroatoms. The van der Waals surface area contributed by atoms with E-state index in [1.54, 1.807) is 6.07 Å². The number of alkyl halides is 3. The van der Waals surface area contributed by atoms with Crippen molar-refractivity contribution in [3.8, 4) is 5.75 Å². The third kappa shape index (κ3) is 3.65. The van der Waals surface area contributed by atoms with Crippen LogP contribution in [-0.4, -0.2) is 15.9 Å². The van der Waals surface area contributed by atoms with Crippen LogP contribution in [0.5, 0.6) is 5.75 Å². The fourth-order valence-corrected chi connectivity index (χ4v) is 2.34. The summed E-state index contributed by atoms with van der Waals surface area (Å²) in [7, 11) is 0. The average molecular weight is 405 g/mol. The predicted octanol–water partition coefficient (Wildman–Crippen LogP) is 4.33. The van der Waals surface area contributed by atoms with Crippen LogP contribution in [0, 0.1) is 10.1 Å². The Morgan fingerprint density at radius 2 is 1.92 bits per heavy atom. The molecule has 0 unspecified atom stereocenters. The minimum Gasteiger partial charge on any atom is -0.505 e. The van der Waals surface area contributed by atoms with E-state index in [4.69, 9.17) is 0 Å². The molecule has 1 amide bonds. The number of aromatic hydroxyl groups is 1. The topological polar surface area (TPSA) is 92.5 Å². The third-order valence-corrected chi connectivity index (χ3v) is 3.46. The quantitative estimate of drug-likeness (QED) is 0.452. The van der Waals surface area contributed by atoms with Crippen molar-refractivity contribution in [3.63, 3.8) is 0 Å². The fourth-order valence-electron chi connectivity index (χ4n) is 1.94. The first-order chi connectivity index (χ1) is 11.1. The minimum atomic E-state index is -5.16. The van der Waals surface area contributed by atoms with Gasteiger partial charge in [-0.3, -0.25) is 14.9 Å². The number of nitro benzene ring substituents is 1. The number of phenols is 1. The number of nitrogens with one attached hydrogen (secondary N) is 1. The van der Waals surface area contributed by atoms with Gasteiger partial charge in [-0.15, -0.1) is 0 Å². The average Bonchev–Trinajstić information content (AvgIpc) is 2.47. The molecular formula is C14H8BrF3N2O4. The molecule has 24 heavy (non-hydrogen) atoms. The summed E-state index contributed by atoms with van der Waals surface area (Å²) in [4.78, 5) is 21.5. The van der Waals surface area contributed by atoms with Crippen LogP contribution in [0.2, 0.25) is 0 Å². The normalized spacial score (nSPS) is 11.2. The first kappa shape index (κ1) is 17.7. The molecule has 0 aliphatic rings. The molecule has 0 heterocycles. The lowest BCUT2D eigenvalue weighted by molar-refractivity contribution is -0.388. The second-order valence-corrected chi connectivity index (χ2v) is 5.49. The zero-order chi connectivity index (χ0) is 18.1. The van der Waals surface area contributed by atoms with Crippen molar-refractivity contribution >= 4 is 33.2 Å². The van der Waals surface area contributed by atoms with Crippen LogP contribution in [0.25, 0.3) is 0 Å². The molecule has 2 N–H and O–H groups in total. The first-order valence-electron chi connectivity index (χ1n) is 6.25. The number of nitro groups is 1. The van der Waals surface area contributed by atoms with Crippen molar-refractivity contribution in [3.05, 3.63) is 62.1 Å². The molecule has 0 bridgehead atoms. The van der Waals surface area contributed by atoms with E-state index >= 15 is 0 Å². The van der Waals surface area contributed by atoms with Crippen LogP contribution in [-0.2, 0) is 6.18 Å². The minimum absolute atomic E-state index is 0.121. The van der Waals surface area contributed by atoms with Gasteiger partial charge in [-0.2, -0.15) is 13.2 Å². The highest BCUT2D eigenvalue weighted by Gasteiger charge is 2.42. The molecule has 0 spiro atoms. The van der Waals surface area contributed by atoms with E-state index in [0.717, 1.165) is 6.07 Å². The Kier molecular flexibility index (Phi) is 4.78. The van der Waals surface area contributed by atoms with E-state index in [2.05, 4.69) is 21.2 Å². The molecule has 0 atom stereocenters. The van der Waals surface area contributed by atoms with Crippen molar-refractivity contribution in [2.24, 2.45) is 0 Å². The Morgan fingerprint density at radius 3 is 2.46 bits per heavy atom. The Morgan fingerprint density at radius 1 is 1.25 bits per heavy atom. The van der Waals surface area contributed by atoms with Gasteiger partial charge in [0.25, 0.3) is 11.6 Å². The number of hydrogen-bond acceptors (Lipinski definition) is 4. The highest BCUT2D eigenvalue weighted by atomic mass is 79.9. The summed E-state index contributed by atoms with van der Waals surface area (Å²) in [6, 6.07) is 7.41. The van der Waals surface area contributed by atoms with Gasteiger partial charge in [-0.25, -0.2) is 0 Å². The smallest absolute Gasteiger partial charge is 0.426 e. The van der Waals surface area contributed by atoms with Crippen molar-refractivity contribution in [1.82, 2.24) is 0 Å². The monoisotopic (exact) mass is 404 g/mol. The SMILES string of the molecule is O=C(Nc1ccc([N+](=O)[O-])c(C(F)(F)F)c1O)c1cccc(Br)c1. The number of hydrogen-bond donors (Lipinski definition) is 2. The van der Waals surface area contributed by atoms with Gasteiger partial charge in [-0.1, -0.05) is 22.0 Å². The van der Waals surface area contributed by atoms with Gasteiger partial charge < -0.3 is 10.4 Å². The maximum Gasteiger partial charge on any atom is 0.426 e. The summed E-state index contributed by atoms with van der Waals surface area (Å²) in [6.45, 7) is 0. The zero-order valence-corrected chi connectivity index (χ0v) is 13.2. The molecule has 2 rings (SSSR count). The van der Waals surface area contributed by atoms with Gasteiger partial charge in [0, 0.05) is 16.1 Å². The number of phenolic OH excluding ortho intramolecular Hbond substituents is 1. The summed E-state index contributed by atoms with van der Waals surface area (Å²) < 4.78 is 39.5. The molecule has 0 fully saturated rings. The standard InChI is InChI=1S/C14H8BrF3N2O4/c15-8-3-1-2-7(6-8)13(22)19-9-4-5-10(20(23)24)11(12(9)21)14(16,17)18/h1-6,21H,(H,19,22).